The van der Waals surface area contributed by atoms with Crippen molar-refractivity contribution in [3.63, 3.8) is 0 Å². The Morgan fingerprint density at radius 2 is 1.17 bits per heavy atom. The van der Waals surface area contributed by atoms with Crippen molar-refractivity contribution in [2.75, 3.05) is 13.2 Å². The zero-order valence-electron chi connectivity index (χ0n) is 25.8. The monoisotopic (exact) mass is 562 g/mol. The van der Waals surface area contributed by atoms with Gasteiger partial charge in [0.05, 0.1) is 0 Å². The largest absolute Gasteiger partial charge is 0.490 e. The summed E-state index contributed by atoms with van der Waals surface area (Å²) in [5.41, 5.74) is 3.25. The van der Waals surface area contributed by atoms with Crippen LogP contribution in [0.3, 0.4) is 0 Å². The molecule has 3 atom stereocenters. The molecular weight excluding hydrogens is 516 g/mol. The molecule has 0 aliphatic heterocycles. The summed E-state index contributed by atoms with van der Waals surface area (Å²) >= 11 is 0. The minimum Gasteiger partial charge on any atom is -0.490 e. The van der Waals surface area contributed by atoms with E-state index in [2.05, 4.69) is 58.2 Å². The molecule has 0 radical (unpaired) electrons. The van der Waals surface area contributed by atoms with Crippen LogP contribution in [-0.2, 0) is 24.5 Å². The molecule has 2 aromatic carbocycles. The third-order valence-corrected chi connectivity index (χ3v) is 7.47. The molecule has 6 nitrogen and oxygen atoms in total. The maximum Gasteiger partial charge on any atom is 0.333 e. The number of carbonyl (C=O) groups excluding carboxylic acids is 2. The van der Waals surface area contributed by atoms with Gasteiger partial charge < -0.3 is 18.9 Å². The predicted molar refractivity (Wildman–Crippen MR) is 162 cm³/mol. The Morgan fingerprint density at radius 3 is 1.51 bits per heavy atom. The van der Waals surface area contributed by atoms with Crippen LogP contribution in [0.1, 0.15) is 78.9 Å². The van der Waals surface area contributed by atoms with Gasteiger partial charge in [0.25, 0.3) is 0 Å². The molecule has 222 valence electrons. The van der Waals surface area contributed by atoms with Crippen LogP contribution in [-0.4, -0.2) is 37.4 Å². The summed E-state index contributed by atoms with van der Waals surface area (Å²) < 4.78 is 22.5. The van der Waals surface area contributed by atoms with E-state index < -0.39 is 11.9 Å². The lowest BCUT2D eigenvalue weighted by Gasteiger charge is -2.48. The quantitative estimate of drug-likeness (QED) is 0.196. The summed E-state index contributed by atoms with van der Waals surface area (Å²) in [6, 6.07) is 16.7. The summed E-state index contributed by atoms with van der Waals surface area (Å²) in [7, 11) is 0. The molecule has 3 unspecified atom stereocenters. The highest BCUT2D eigenvalue weighted by Gasteiger charge is 2.45. The van der Waals surface area contributed by atoms with Gasteiger partial charge in [-0.15, -0.1) is 0 Å². The average Bonchev–Trinajstić information content (AvgIpc) is 2.90. The average molecular weight is 563 g/mol. The first-order chi connectivity index (χ1) is 19.2. The zero-order chi connectivity index (χ0) is 30.4. The highest BCUT2D eigenvalue weighted by molar-refractivity contribution is 5.87. The van der Waals surface area contributed by atoms with Crippen molar-refractivity contribution in [2.24, 2.45) is 11.3 Å². The number of esters is 2. The van der Waals surface area contributed by atoms with Gasteiger partial charge in [0, 0.05) is 16.6 Å². The second-order valence-corrected chi connectivity index (χ2v) is 12.6. The minimum absolute atomic E-state index is 0.160. The molecule has 0 heterocycles. The number of carbonyl (C=O) groups is 2. The van der Waals surface area contributed by atoms with Crippen molar-refractivity contribution in [1.29, 1.82) is 0 Å². The molecule has 0 N–H and O–H groups in total. The molecule has 1 saturated carbocycles. The third-order valence-electron chi connectivity index (χ3n) is 7.47. The normalized spacial score (nSPS) is 21.2. The molecule has 0 aromatic heterocycles. The highest BCUT2D eigenvalue weighted by atomic mass is 16.6. The standard InChI is InChI=1S/C35H46O6/c1-23(2)32(36)40-26(6)20-38-30-14-10-28(11-15-30)35(19-25(5)18-34(8,9)22-35)29-12-16-31(17-13-29)39-21-27(7)41-33(37)24(3)4/h10-17,25-27H,1,3,18-22H2,2,4-9H3. The Balaban J connectivity index is 1.78. The van der Waals surface area contributed by atoms with Crippen LogP contribution >= 0.6 is 0 Å². The number of benzene rings is 2. The summed E-state index contributed by atoms with van der Waals surface area (Å²) in [6.07, 6.45) is 2.48. The van der Waals surface area contributed by atoms with Crippen LogP contribution in [0, 0.1) is 11.3 Å². The lowest BCUT2D eigenvalue weighted by atomic mass is 9.55. The van der Waals surface area contributed by atoms with E-state index in [0.717, 1.165) is 24.3 Å². The van der Waals surface area contributed by atoms with Gasteiger partial charge in [-0.25, -0.2) is 9.59 Å². The van der Waals surface area contributed by atoms with Crippen LogP contribution < -0.4 is 9.47 Å². The van der Waals surface area contributed by atoms with Crippen LogP contribution in [0.25, 0.3) is 0 Å². The number of hydrogen-bond donors (Lipinski definition) is 0. The van der Waals surface area contributed by atoms with Gasteiger partial charge in [0.2, 0.25) is 0 Å². The van der Waals surface area contributed by atoms with E-state index in [0.29, 0.717) is 17.1 Å². The van der Waals surface area contributed by atoms with Crippen molar-refractivity contribution < 1.29 is 28.5 Å². The van der Waals surface area contributed by atoms with Crippen LogP contribution in [0.15, 0.2) is 72.8 Å². The molecule has 2 aromatic rings. The molecule has 1 aliphatic rings. The molecule has 0 saturated heterocycles. The van der Waals surface area contributed by atoms with Crippen molar-refractivity contribution in [2.45, 2.75) is 85.4 Å². The first kappa shape index (κ1) is 32.0. The second kappa shape index (κ2) is 13.4. The molecule has 0 bridgehead atoms. The van der Waals surface area contributed by atoms with Gasteiger partial charge in [0.1, 0.15) is 36.9 Å². The molecule has 0 amide bonds. The Bertz CT molecular complexity index is 1140. The molecule has 3 rings (SSSR count). The van der Waals surface area contributed by atoms with Crippen LogP contribution in [0.2, 0.25) is 0 Å². The summed E-state index contributed by atoms with van der Waals surface area (Å²) in [5, 5.41) is 0. The lowest BCUT2D eigenvalue weighted by molar-refractivity contribution is -0.145. The predicted octanol–water partition coefficient (Wildman–Crippen LogP) is 7.59. The third kappa shape index (κ3) is 8.72. The summed E-state index contributed by atoms with van der Waals surface area (Å²) in [4.78, 5) is 23.6. The van der Waals surface area contributed by atoms with Gasteiger partial charge in [0.15, 0.2) is 0 Å². The first-order valence-electron chi connectivity index (χ1n) is 14.4. The molecule has 0 spiro atoms. The smallest absolute Gasteiger partial charge is 0.333 e. The Kier molecular flexibility index (Phi) is 10.5. The Hall–Kier alpha value is -3.54. The van der Waals surface area contributed by atoms with E-state index in [1.165, 1.54) is 17.5 Å². The van der Waals surface area contributed by atoms with Gasteiger partial charge in [-0.2, -0.15) is 0 Å². The molecule has 41 heavy (non-hydrogen) atoms. The molecule has 1 fully saturated rings. The topological polar surface area (TPSA) is 71.1 Å². The van der Waals surface area contributed by atoms with Crippen molar-refractivity contribution in [1.82, 2.24) is 0 Å². The van der Waals surface area contributed by atoms with E-state index in [-0.39, 0.29) is 36.3 Å². The van der Waals surface area contributed by atoms with Gasteiger partial charge in [-0.05, 0) is 93.7 Å². The van der Waals surface area contributed by atoms with E-state index >= 15 is 0 Å². The van der Waals surface area contributed by atoms with E-state index in [1.54, 1.807) is 27.7 Å². The van der Waals surface area contributed by atoms with Crippen LogP contribution in [0.4, 0.5) is 0 Å². The van der Waals surface area contributed by atoms with Crippen molar-refractivity contribution in [3.05, 3.63) is 84.0 Å². The molecular formula is C35H46O6. The van der Waals surface area contributed by atoms with Gasteiger partial charge >= 0.3 is 11.9 Å². The van der Waals surface area contributed by atoms with E-state index in [9.17, 15) is 9.59 Å². The zero-order valence-corrected chi connectivity index (χ0v) is 25.8. The second-order valence-electron chi connectivity index (χ2n) is 12.6. The summed E-state index contributed by atoms with van der Waals surface area (Å²) in [6.45, 7) is 21.7. The maximum atomic E-state index is 11.8. The van der Waals surface area contributed by atoms with Crippen LogP contribution in [0.5, 0.6) is 11.5 Å². The summed E-state index contributed by atoms with van der Waals surface area (Å²) in [5.74, 6) is 1.19. The van der Waals surface area contributed by atoms with E-state index in [1.807, 2.05) is 24.3 Å². The maximum absolute atomic E-state index is 11.8. The number of ether oxygens (including phenoxy) is 4. The Labute approximate surface area is 245 Å². The Morgan fingerprint density at radius 1 is 0.780 bits per heavy atom. The highest BCUT2D eigenvalue weighted by Crippen LogP contribution is 2.53. The van der Waals surface area contributed by atoms with E-state index in [4.69, 9.17) is 18.9 Å². The fourth-order valence-corrected chi connectivity index (χ4v) is 5.98. The van der Waals surface area contributed by atoms with Crippen molar-refractivity contribution >= 4 is 11.9 Å². The molecule has 6 heteroatoms. The van der Waals surface area contributed by atoms with Crippen molar-refractivity contribution in [3.8, 4) is 11.5 Å². The molecule has 1 aliphatic carbocycles. The minimum atomic E-state index is -0.412. The SMILES string of the molecule is C=C(C)C(=O)OC(C)COc1ccc(C2(c3ccc(OCC(C)OC(=O)C(=C)C)cc3)CC(C)CC(C)(C)C2)cc1. The number of rotatable bonds is 12. The first-order valence-corrected chi connectivity index (χ1v) is 14.4. The van der Waals surface area contributed by atoms with Gasteiger partial charge in [-0.1, -0.05) is 58.2 Å². The fraction of sp³-hybridized carbons (Fsp3) is 0.486. The fourth-order valence-electron chi connectivity index (χ4n) is 5.98. The van der Waals surface area contributed by atoms with Gasteiger partial charge in [-0.3, -0.25) is 0 Å². The number of hydrogen-bond acceptors (Lipinski definition) is 6. The lowest BCUT2D eigenvalue weighted by Crippen LogP contribution is -2.41.